The second-order valence-electron chi connectivity index (χ2n) is 6.10. The van der Waals surface area contributed by atoms with E-state index in [2.05, 4.69) is 0 Å². The zero-order valence-electron chi connectivity index (χ0n) is 13.5. The normalized spacial score (nSPS) is 12.8. The van der Waals surface area contributed by atoms with Crippen molar-refractivity contribution in [3.8, 4) is 11.1 Å². The van der Waals surface area contributed by atoms with Gasteiger partial charge in [0.05, 0.1) is 0 Å². The zero-order valence-corrected chi connectivity index (χ0v) is 13.5. The fraction of sp³-hybridized carbons (Fsp3) is 0.0526. The standard InChI is InChI=1S/C19H11BF5N/c1-26-13-9-5-3-7-11(13)10-6-2-4-8-12(10)20(26)14-15(21)17(23)19(25)18(24)16(14)22/h2-9H,1H3. The average Bonchev–Trinajstić information content (AvgIpc) is 2.67. The third-order valence-corrected chi connectivity index (χ3v) is 4.73. The highest BCUT2D eigenvalue weighted by atomic mass is 19.2. The number of benzene rings is 3. The summed E-state index contributed by atoms with van der Waals surface area (Å²) in [6, 6.07) is 14.0. The Bertz CT molecular complexity index is 1010. The van der Waals surface area contributed by atoms with Crippen LogP contribution in [-0.2, 0) is 0 Å². The number of rotatable bonds is 1. The van der Waals surface area contributed by atoms with Gasteiger partial charge in [-0.05, 0) is 24.1 Å². The lowest BCUT2D eigenvalue weighted by Crippen LogP contribution is -2.60. The maximum atomic E-state index is 14.5. The van der Waals surface area contributed by atoms with E-state index in [0.717, 1.165) is 5.56 Å². The van der Waals surface area contributed by atoms with E-state index >= 15 is 0 Å². The molecule has 0 amide bonds. The molecule has 0 aromatic heterocycles. The van der Waals surface area contributed by atoms with E-state index in [1.54, 1.807) is 43.4 Å². The summed E-state index contributed by atoms with van der Waals surface area (Å²) in [7, 11) is 1.57. The van der Waals surface area contributed by atoms with E-state index in [0.29, 0.717) is 16.7 Å². The van der Waals surface area contributed by atoms with Crippen molar-refractivity contribution in [3.63, 3.8) is 0 Å². The van der Waals surface area contributed by atoms with Crippen molar-refractivity contribution in [2.45, 2.75) is 0 Å². The molecule has 1 heterocycles. The summed E-state index contributed by atoms with van der Waals surface area (Å²) < 4.78 is 70.0. The molecular formula is C19H11BF5N. The monoisotopic (exact) mass is 359 g/mol. The van der Waals surface area contributed by atoms with Gasteiger partial charge in [-0.15, -0.1) is 0 Å². The fourth-order valence-corrected chi connectivity index (χ4v) is 3.55. The van der Waals surface area contributed by atoms with E-state index in [1.165, 1.54) is 4.81 Å². The van der Waals surface area contributed by atoms with E-state index in [4.69, 9.17) is 0 Å². The van der Waals surface area contributed by atoms with Crippen LogP contribution in [0, 0.1) is 29.1 Å². The maximum Gasteiger partial charge on any atom is 0.330 e. The molecule has 0 saturated heterocycles. The van der Waals surface area contributed by atoms with Gasteiger partial charge in [0.15, 0.2) is 29.1 Å². The summed E-state index contributed by atoms with van der Waals surface area (Å²) >= 11 is 0. The molecule has 130 valence electrons. The molecule has 0 spiro atoms. The van der Waals surface area contributed by atoms with Gasteiger partial charge >= 0.3 is 6.85 Å². The van der Waals surface area contributed by atoms with Crippen LogP contribution >= 0.6 is 0 Å². The first-order chi connectivity index (χ1) is 12.4. The van der Waals surface area contributed by atoms with Crippen LogP contribution in [-0.4, -0.2) is 13.9 Å². The summed E-state index contributed by atoms with van der Waals surface area (Å²) in [5, 5.41) is 0. The largest absolute Gasteiger partial charge is 0.409 e. The van der Waals surface area contributed by atoms with Crippen LogP contribution in [0.15, 0.2) is 48.5 Å². The van der Waals surface area contributed by atoms with Gasteiger partial charge in [-0.3, -0.25) is 0 Å². The third kappa shape index (κ3) is 2.16. The van der Waals surface area contributed by atoms with Gasteiger partial charge in [-0.2, -0.15) is 0 Å². The number of halogens is 5. The SMILES string of the molecule is CN1B(c2c(F)c(F)c(F)c(F)c2F)c2ccccc2-c2ccccc21. The molecule has 0 aliphatic carbocycles. The molecule has 0 N–H and O–H groups in total. The van der Waals surface area contributed by atoms with Crippen LogP contribution in [0.1, 0.15) is 0 Å². The van der Waals surface area contributed by atoms with Crippen LogP contribution in [0.25, 0.3) is 11.1 Å². The van der Waals surface area contributed by atoms with Crippen molar-refractivity contribution >= 4 is 23.5 Å². The molecule has 3 aromatic carbocycles. The molecule has 0 radical (unpaired) electrons. The Morgan fingerprint density at radius 2 is 1.15 bits per heavy atom. The summed E-state index contributed by atoms with van der Waals surface area (Å²) in [6.07, 6.45) is 0. The number of para-hydroxylation sites is 1. The molecule has 0 bridgehead atoms. The molecule has 0 fully saturated rings. The molecule has 1 aliphatic rings. The fourth-order valence-electron chi connectivity index (χ4n) is 3.55. The number of hydrogen-bond donors (Lipinski definition) is 0. The maximum absolute atomic E-state index is 14.5. The molecule has 0 saturated carbocycles. The molecule has 1 nitrogen and oxygen atoms in total. The second kappa shape index (κ2) is 5.86. The summed E-state index contributed by atoms with van der Waals surface area (Å²) in [5.41, 5.74) is 1.77. The minimum Gasteiger partial charge on any atom is -0.409 e. The van der Waals surface area contributed by atoms with Gasteiger partial charge in [0.2, 0.25) is 0 Å². The van der Waals surface area contributed by atoms with Gasteiger partial charge in [-0.1, -0.05) is 42.5 Å². The molecule has 1 aliphatic heterocycles. The van der Waals surface area contributed by atoms with E-state index < -0.39 is 41.4 Å². The third-order valence-electron chi connectivity index (χ3n) is 4.73. The van der Waals surface area contributed by atoms with E-state index in [1.807, 2.05) is 12.1 Å². The van der Waals surface area contributed by atoms with Crippen molar-refractivity contribution in [1.82, 2.24) is 0 Å². The number of fused-ring (bicyclic) bond motifs is 3. The Kier molecular flexibility index (Phi) is 3.75. The van der Waals surface area contributed by atoms with Gasteiger partial charge < -0.3 is 4.81 Å². The predicted molar refractivity (Wildman–Crippen MR) is 91.5 cm³/mol. The predicted octanol–water partition coefficient (Wildman–Crippen LogP) is 3.60. The highest BCUT2D eigenvalue weighted by molar-refractivity contribution is 6.89. The number of anilines is 1. The Balaban J connectivity index is 2.06. The average molecular weight is 359 g/mol. The van der Waals surface area contributed by atoms with Crippen molar-refractivity contribution < 1.29 is 22.0 Å². The van der Waals surface area contributed by atoms with Crippen molar-refractivity contribution in [2.24, 2.45) is 0 Å². The molecule has 4 rings (SSSR count). The quantitative estimate of drug-likeness (QED) is 0.278. The Morgan fingerprint density at radius 3 is 1.81 bits per heavy atom. The Morgan fingerprint density at radius 1 is 0.654 bits per heavy atom. The van der Waals surface area contributed by atoms with Crippen LogP contribution in [0.2, 0.25) is 0 Å². The first-order valence-electron chi connectivity index (χ1n) is 7.86. The molecule has 0 unspecified atom stereocenters. The number of nitrogens with zero attached hydrogens (tertiary/aromatic N) is 1. The smallest absolute Gasteiger partial charge is 0.330 e. The van der Waals surface area contributed by atoms with Gasteiger partial charge in [0.1, 0.15) is 0 Å². The summed E-state index contributed by atoms with van der Waals surface area (Å²) in [4.78, 5) is 1.52. The lowest BCUT2D eigenvalue weighted by atomic mass is 9.46. The molecule has 3 aromatic rings. The van der Waals surface area contributed by atoms with Crippen molar-refractivity contribution in [3.05, 3.63) is 77.6 Å². The van der Waals surface area contributed by atoms with Gasteiger partial charge in [0.25, 0.3) is 0 Å². The Hall–Kier alpha value is -2.83. The van der Waals surface area contributed by atoms with Crippen molar-refractivity contribution in [1.29, 1.82) is 0 Å². The highest BCUT2D eigenvalue weighted by Crippen LogP contribution is 2.34. The van der Waals surface area contributed by atoms with E-state index in [-0.39, 0.29) is 0 Å². The first kappa shape index (κ1) is 16.6. The first-order valence-corrected chi connectivity index (χ1v) is 7.86. The second-order valence-corrected chi connectivity index (χ2v) is 6.10. The molecule has 7 heteroatoms. The molecular weight excluding hydrogens is 348 g/mol. The zero-order chi connectivity index (χ0) is 18.6. The lowest BCUT2D eigenvalue weighted by Gasteiger charge is -2.36. The van der Waals surface area contributed by atoms with Gasteiger partial charge in [0, 0.05) is 16.7 Å². The lowest BCUT2D eigenvalue weighted by molar-refractivity contribution is 0.384. The van der Waals surface area contributed by atoms with Crippen LogP contribution in [0.4, 0.5) is 27.6 Å². The minimum absolute atomic E-state index is 0.469. The van der Waals surface area contributed by atoms with Crippen molar-refractivity contribution in [2.75, 3.05) is 11.9 Å². The van der Waals surface area contributed by atoms with Crippen LogP contribution in [0.5, 0.6) is 0 Å². The topological polar surface area (TPSA) is 3.24 Å². The van der Waals surface area contributed by atoms with E-state index in [9.17, 15) is 22.0 Å². The van der Waals surface area contributed by atoms with Gasteiger partial charge in [-0.25, -0.2) is 22.0 Å². The minimum atomic E-state index is -2.16. The summed E-state index contributed by atoms with van der Waals surface area (Å²) in [6.45, 7) is -1.15. The van der Waals surface area contributed by atoms with Crippen LogP contribution < -0.4 is 15.7 Å². The highest BCUT2D eigenvalue weighted by Gasteiger charge is 2.40. The Labute approximate surface area is 146 Å². The molecule has 26 heavy (non-hydrogen) atoms. The van der Waals surface area contributed by atoms with Crippen LogP contribution in [0.3, 0.4) is 0 Å². The summed E-state index contributed by atoms with van der Waals surface area (Å²) in [5.74, 6) is -9.66. The number of hydrogen-bond acceptors (Lipinski definition) is 1. The molecule has 0 atom stereocenters.